The summed E-state index contributed by atoms with van der Waals surface area (Å²) in [5, 5.41) is 19.5. The molecule has 1 aliphatic carbocycles. The summed E-state index contributed by atoms with van der Waals surface area (Å²) >= 11 is 0. The number of hydrogen-bond acceptors (Lipinski definition) is 5. The maximum Gasteiger partial charge on any atom is 3.00 e. The normalized spacial score (nSPS) is 15.4. The first-order valence-electron chi connectivity index (χ1n) is 16.7. The zero-order valence-electron chi connectivity index (χ0n) is 28.1. The van der Waals surface area contributed by atoms with Crippen LogP contribution in [0.4, 0.5) is 11.4 Å². The third-order valence-electron chi connectivity index (χ3n) is 8.50. The van der Waals surface area contributed by atoms with Gasteiger partial charge in [-0.2, -0.15) is 30.3 Å². The molecule has 2 heterocycles. The van der Waals surface area contributed by atoms with Crippen LogP contribution in [0.15, 0.2) is 116 Å². The number of nitrogens with zero attached hydrogens (tertiary/aromatic N) is 3. The van der Waals surface area contributed by atoms with Gasteiger partial charge in [0.25, 0.3) is 0 Å². The summed E-state index contributed by atoms with van der Waals surface area (Å²) in [6.07, 6.45) is 12.7. The fraction of sp³-hybridized carbons (Fsp3) is 0.286. The number of para-hydroxylation sites is 1. The molecule has 5 nitrogen and oxygen atoms in total. The summed E-state index contributed by atoms with van der Waals surface area (Å²) in [7, 11) is 0. The molecule has 6 heteroatoms. The number of fused-ring (bicyclic) bond motifs is 1. The maximum absolute atomic E-state index is 8.56. The van der Waals surface area contributed by atoms with Crippen LogP contribution in [0.5, 0.6) is 0 Å². The predicted molar refractivity (Wildman–Crippen MR) is 195 cm³/mol. The average molecular weight is 817 g/mol. The molecular formula is C42H46IrN3O2. The smallest absolute Gasteiger partial charge is 0.500 e. The quantitative estimate of drug-likeness (QED) is 0.167. The Balaban J connectivity index is 0.000000187. The van der Waals surface area contributed by atoms with Gasteiger partial charge in [0.1, 0.15) is 0 Å². The summed E-state index contributed by atoms with van der Waals surface area (Å²) in [6.45, 7) is 7.66. The van der Waals surface area contributed by atoms with Gasteiger partial charge in [-0.15, -0.1) is 48.3 Å². The van der Waals surface area contributed by atoms with Crippen molar-refractivity contribution in [3.8, 4) is 11.3 Å². The summed E-state index contributed by atoms with van der Waals surface area (Å²) in [4.78, 5) is 8.75. The topological polar surface area (TPSA) is 59.8 Å². The van der Waals surface area contributed by atoms with E-state index in [1.54, 1.807) is 13.8 Å². The molecule has 1 aromatic heterocycles. The van der Waals surface area contributed by atoms with Crippen LogP contribution in [0.1, 0.15) is 69.4 Å². The van der Waals surface area contributed by atoms with Crippen LogP contribution < -0.4 is 9.80 Å². The van der Waals surface area contributed by atoms with Gasteiger partial charge in [-0.25, -0.2) is 0 Å². The van der Waals surface area contributed by atoms with Crippen LogP contribution in [0, 0.1) is 25.7 Å². The molecular weight excluding hydrogens is 771 g/mol. The first-order valence-corrected chi connectivity index (χ1v) is 16.7. The molecule has 1 fully saturated rings. The monoisotopic (exact) mass is 817 g/mol. The van der Waals surface area contributed by atoms with E-state index in [0.717, 1.165) is 22.9 Å². The number of aryl methyl sites for hydroxylation is 1. The van der Waals surface area contributed by atoms with E-state index in [-0.39, 0.29) is 32.3 Å². The van der Waals surface area contributed by atoms with Gasteiger partial charge < -0.3 is 25.0 Å². The molecule has 0 saturated heterocycles. The molecule has 0 amide bonds. The van der Waals surface area contributed by atoms with Gasteiger partial charge in [0.05, 0.1) is 12.2 Å². The summed E-state index contributed by atoms with van der Waals surface area (Å²) in [6, 6.07) is 39.8. The molecule has 4 aromatic carbocycles. The molecule has 2 aliphatic rings. The van der Waals surface area contributed by atoms with Crippen LogP contribution in [0.3, 0.4) is 0 Å². The van der Waals surface area contributed by atoms with Crippen LogP contribution >= 0.6 is 0 Å². The summed E-state index contributed by atoms with van der Waals surface area (Å²) in [5.41, 5.74) is 7.22. The Bertz CT molecular complexity index is 1690. The van der Waals surface area contributed by atoms with Crippen LogP contribution in [0.25, 0.3) is 22.0 Å². The Morgan fingerprint density at radius 3 is 2.15 bits per heavy atom. The Hall–Kier alpha value is -3.80. The van der Waals surface area contributed by atoms with Gasteiger partial charge in [0, 0.05) is 11.9 Å². The third kappa shape index (κ3) is 10.3. The molecule has 48 heavy (non-hydrogen) atoms. The van der Waals surface area contributed by atoms with E-state index in [9.17, 15) is 0 Å². The van der Waals surface area contributed by atoms with Crippen molar-refractivity contribution in [2.24, 2.45) is 0 Å². The van der Waals surface area contributed by atoms with Gasteiger partial charge in [0.2, 0.25) is 0 Å². The van der Waals surface area contributed by atoms with E-state index < -0.39 is 0 Å². The number of pyridine rings is 1. The molecule has 0 radical (unpaired) electrons. The minimum atomic E-state index is -0.375. The van der Waals surface area contributed by atoms with Gasteiger partial charge in [-0.05, 0) is 98.1 Å². The molecule has 1 saturated carbocycles. The standard InChI is InChI=1S/C22H24N2.C15H10N.C5H12O2.Ir/c1-18-16-20(19-8-4-2-5-9-19)12-13-22(18)24-15-14-23(17-24)21-10-6-3-7-11-21;1-2-7-13(8-3-1)15-14-9-5-4-6-12(14)10-11-16-15;1-4(6)3-5(2)7;/h3,6-7,10,12-17,19H,2,4-5,8-9H2,1H3;1-7,9-11H;4-7H,3H2,1-2H3;/q-2;-1;;+3. The number of benzene rings is 4. The van der Waals surface area contributed by atoms with Crippen LogP contribution in [0.2, 0.25) is 0 Å². The number of rotatable bonds is 6. The number of anilines is 2. The van der Waals surface area contributed by atoms with Crippen LogP contribution in [-0.4, -0.2) is 27.4 Å². The molecule has 250 valence electrons. The predicted octanol–water partition coefficient (Wildman–Crippen LogP) is 9.60. The van der Waals surface area contributed by atoms with Crippen LogP contribution in [-0.2, 0) is 20.1 Å². The zero-order chi connectivity index (χ0) is 33.0. The Labute approximate surface area is 300 Å². The van der Waals surface area contributed by atoms with Gasteiger partial charge in [-0.3, -0.25) is 0 Å². The number of aliphatic hydroxyl groups is 2. The Morgan fingerprint density at radius 2 is 1.50 bits per heavy atom. The first kappa shape index (κ1) is 37.0. The van der Waals surface area contributed by atoms with Crippen molar-refractivity contribution in [2.75, 3.05) is 9.80 Å². The fourth-order valence-electron chi connectivity index (χ4n) is 6.21. The number of hydrogen-bond donors (Lipinski definition) is 2. The molecule has 0 bridgehead atoms. The van der Waals surface area contributed by atoms with Gasteiger partial charge in [0.15, 0.2) is 0 Å². The summed E-state index contributed by atoms with van der Waals surface area (Å²) in [5.74, 6) is 0.764. The molecule has 1 aliphatic heterocycles. The Kier molecular flexibility index (Phi) is 14.4. The van der Waals surface area contributed by atoms with Crippen molar-refractivity contribution in [3.05, 3.63) is 146 Å². The van der Waals surface area contributed by atoms with E-state index in [1.165, 1.54) is 59.7 Å². The second kappa shape index (κ2) is 18.7. The zero-order valence-corrected chi connectivity index (χ0v) is 30.5. The van der Waals surface area contributed by atoms with E-state index in [1.807, 2.05) is 66.9 Å². The molecule has 2 N–H and O–H groups in total. The van der Waals surface area contributed by atoms with Crippen molar-refractivity contribution in [3.63, 3.8) is 0 Å². The van der Waals surface area contributed by atoms with E-state index in [0.29, 0.717) is 6.42 Å². The van der Waals surface area contributed by atoms with Gasteiger partial charge >= 0.3 is 20.1 Å². The second-order valence-corrected chi connectivity index (χ2v) is 12.4. The van der Waals surface area contributed by atoms with E-state index in [2.05, 4.69) is 89.3 Å². The minimum Gasteiger partial charge on any atom is -0.500 e. The number of aromatic nitrogens is 1. The van der Waals surface area contributed by atoms with Crippen molar-refractivity contribution >= 4 is 22.1 Å². The van der Waals surface area contributed by atoms with E-state index >= 15 is 0 Å². The largest absolute Gasteiger partial charge is 3.00 e. The van der Waals surface area contributed by atoms with Crippen molar-refractivity contribution in [1.82, 2.24) is 4.98 Å². The molecule has 0 spiro atoms. The summed E-state index contributed by atoms with van der Waals surface area (Å²) < 4.78 is 0. The van der Waals surface area contributed by atoms with Crippen molar-refractivity contribution in [2.45, 2.75) is 77.4 Å². The molecule has 5 aromatic rings. The van der Waals surface area contributed by atoms with E-state index in [4.69, 9.17) is 10.2 Å². The second-order valence-electron chi connectivity index (χ2n) is 12.4. The van der Waals surface area contributed by atoms with Crippen molar-refractivity contribution < 1.29 is 30.3 Å². The maximum atomic E-state index is 8.56. The third-order valence-corrected chi connectivity index (χ3v) is 8.50. The van der Waals surface area contributed by atoms with Gasteiger partial charge in [-0.1, -0.05) is 55.7 Å². The minimum absolute atomic E-state index is 0. The fourth-order valence-corrected chi connectivity index (χ4v) is 6.21. The average Bonchev–Trinajstić information content (AvgIpc) is 3.59. The molecule has 2 atom stereocenters. The molecule has 7 rings (SSSR count). The SMILES string of the molecule is CC(O)CC(C)O.Cc1cc(C2CCCCC2)ccc1N1C=CN(c2[c-]cccc2)[CH-]1.[Ir+3].[c-]1ccccc1-c1nccc2ccccc12. The number of aliphatic hydroxyl groups excluding tert-OH is 2. The first-order chi connectivity index (χ1) is 22.9. The molecule has 2 unspecified atom stereocenters. The Morgan fingerprint density at radius 1 is 0.812 bits per heavy atom. The van der Waals surface area contributed by atoms with Crippen molar-refractivity contribution in [1.29, 1.82) is 0 Å².